The lowest BCUT2D eigenvalue weighted by molar-refractivity contribution is -0.141. The average molecular weight is 540 g/mol. The van der Waals surface area contributed by atoms with Gasteiger partial charge in [0.05, 0.1) is 27.0 Å². The van der Waals surface area contributed by atoms with Gasteiger partial charge in [-0.3, -0.25) is 9.59 Å². The van der Waals surface area contributed by atoms with Crippen molar-refractivity contribution in [3.63, 3.8) is 0 Å². The molecule has 3 aromatic carbocycles. The van der Waals surface area contributed by atoms with Gasteiger partial charge in [0, 0.05) is 25.7 Å². The lowest BCUT2D eigenvalue weighted by Crippen LogP contribution is -2.47. The highest BCUT2D eigenvalue weighted by molar-refractivity contribution is 7.88. The Bertz CT molecular complexity index is 1330. The Balaban J connectivity index is 1.99. The second-order valence-corrected chi connectivity index (χ2v) is 10.8. The van der Waals surface area contributed by atoms with Crippen LogP contribution in [-0.4, -0.2) is 63.5 Å². The highest BCUT2D eigenvalue weighted by Crippen LogP contribution is 2.26. The first kappa shape index (κ1) is 28.7. The number of methoxy groups -OCH3 is 2. The zero-order chi connectivity index (χ0) is 27.7. The molecule has 3 aromatic rings. The summed E-state index contributed by atoms with van der Waals surface area (Å²) < 4.78 is 35.7. The molecule has 0 saturated carbocycles. The van der Waals surface area contributed by atoms with Gasteiger partial charge in [0.15, 0.2) is 0 Å². The van der Waals surface area contributed by atoms with Crippen LogP contribution in [0.4, 0.5) is 0 Å². The van der Waals surface area contributed by atoms with Gasteiger partial charge < -0.3 is 19.7 Å². The van der Waals surface area contributed by atoms with E-state index in [0.29, 0.717) is 17.1 Å². The summed E-state index contributed by atoms with van der Waals surface area (Å²) >= 11 is 0. The summed E-state index contributed by atoms with van der Waals surface area (Å²) in [6, 6.07) is 22.4. The first-order valence-corrected chi connectivity index (χ1v) is 13.8. The zero-order valence-electron chi connectivity index (χ0n) is 22.0. The summed E-state index contributed by atoms with van der Waals surface area (Å²) in [5.41, 5.74) is 2.12. The van der Waals surface area contributed by atoms with Gasteiger partial charge >= 0.3 is 0 Å². The molecule has 0 aliphatic heterocycles. The molecular weight excluding hydrogens is 506 g/mol. The Morgan fingerprint density at radius 1 is 0.895 bits per heavy atom. The Morgan fingerprint density at radius 3 is 2.13 bits per heavy atom. The number of benzene rings is 3. The van der Waals surface area contributed by atoms with E-state index < -0.39 is 34.4 Å². The molecule has 0 bridgehead atoms. The molecule has 0 spiro atoms. The maximum atomic E-state index is 13.7. The van der Waals surface area contributed by atoms with Crippen LogP contribution in [0.25, 0.3) is 0 Å². The van der Waals surface area contributed by atoms with Crippen molar-refractivity contribution in [1.82, 2.24) is 14.5 Å². The molecule has 38 heavy (non-hydrogen) atoms. The number of nitrogens with one attached hydrogen (secondary N) is 1. The third kappa shape index (κ3) is 7.56. The van der Waals surface area contributed by atoms with Crippen LogP contribution in [0.2, 0.25) is 0 Å². The van der Waals surface area contributed by atoms with E-state index in [1.165, 1.54) is 11.9 Å². The van der Waals surface area contributed by atoms with Crippen molar-refractivity contribution in [2.45, 2.75) is 19.1 Å². The van der Waals surface area contributed by atoms with Crippen LogP contribution in [0.5, 0.6) is 11.5 Å². The van der Waals surface area contributed by atoms with Crippen LogP contribution in [0, 0.1) is 0 Å². The van der Waals surface area contributed by atoms with Crippen molar-refractivity contribution in [2.24, 2.45) is 0 Å². The van der Waals surface area contributed by atoms with E-state index in [4.69, 9.17) is 9.47 Å². The first-order valence-electron chi connectivity index (χ1n) is 11.9. The quantitative estimate of drug-likeness (QED) is 0.380. The van der Waals surface area contributed by atoms with Gasteiger partial charge in [-0.2, -0.15) is 4.31 Å². The van der Waals surface area contributed by atoms with Gasteiger partial charge in [-0.1, -0.05) is 60.7 Å². The van der Waals surface area contributed by atoms with E-state index >= 15 is 0 Å². The fourth-order valence-electron chi connectivity index (χ4n) is 3.89. The number of carbonyl (C=O) groups excluding carboxylic acids is 2. The Kier molecular flexibility index (Phi) is 9.86. The highest BCUT2D eigenvalue weighted by atomic mass is 32.2. The van der Waals surface area contributed by atoms with Gasteiger partial charge in [0.2, 0.25) is 21.8 Å². The number of likely N-dealkylation sites (N-methyl/N-ethyl adjacent to an activating group) is 1. The van der Waals surface area contributed by atoms with E-state index in [0.717, 1.165) is 21.7 Å². The minimum atomic E-state index is -3.62. The van der Waals surface area contributed by atoms with Crippen molar-refractivity contribution in [3.05, 3.63) is 95.6 Å². The minimum Gasteiger partial charge on any atom is -0.497 e. The fourth-order valence-corrected chi connectivity index (χ4v) is 4.23. The highest BCUT2D eigenvalue weighted by Gasteiger charge is 2.33. The lowest BCUT2D eigenvalue weighted by atomic mass is 10.0. The second kappa shape index (κ2) is 13.1. The van der Waals surface area contributed by atoms with Crippen molar-refractivity contribution in [1.29, 1.82) is 0 Å². The maximum Gasteiger partial charge on any atom is 0.247 e. The lowest BCUT2D eigenvalue weighted by Gasteiger charge is -2.32. The molecule has 2 amide bonds. The van der Waals surface area contributed by atoms with Crippen LogP contribution in [0.1, 0.15) is 22.7 Å². The first-order chi connectivity index (χ1) is 18.1. The Labute approximate surface area is 224 Å². The Morgan fingerprint density at radius 2 is 1.53 bits per heavy atom. The van der Waals surface area contributed by atoms with E-state index in [1.54, 1.807) is 68.8 Å². The number of hydrogen-bond donors (Lipinski definition) is 1. The molecule has 0 aliphatic carbocycles. The summed E-state index contributed by atoms with van der Waals surface area (Å²) in [5, 5.41) is 2.93. The number of amides is 2. The second-order valence-electron chi connectivity index (χ2n) is 8.73. The standard InChI is InChI=1S/C28H33N3O6S/c1-30(38(4,34)35)20-26(32)31(19-21-14-16-24(36-2)17-15-21)27(22-10-6-5-7-11-22)28(33)29-18-23-12-8-9-13-25(23)37-3/h5-17,27H,18-20H2,1-4H3,(H,29,33). The predicted molar refractivity (Wildman–Crippen MR) is 145 cm³/mol. The molecule has 10 heteroatoms. The van der Waals surface area contributed by atoms with Crippen LogP contribution < -0.4 is 14.8 Å². The van der Waals surface area contributed by atoms with Gasteiger partial charge in [-0.15, -0.1) is 0 Å². The third-order valence-corrected chi connectivity index (χ3v) is 7.34. The molecule has 0 aromatic heterocycles. The monoisotopic (exact) mass is 539 g/mol. The normalized spacial score (nSPS) is 12.0. The maximum absolute atomic E-state index is 13.7. The number of para-hydroxylation sites is 1. The van der Waals surface area contributed by atoms with Crippen LogP contribution in [-0.2, 0) is 32.7 Å². The van der Waals surface area contributed by atoms with E-state index in [2.05, 4.69) is 5.32 Å². The van der Waals surface area contributed by atoms with Gasteiger partial charge in [-0.25, -0.2) is 8.42 Å². The summed E-state index contributed by atoms with van der Waals surface area (Å²) in [6.07, 6.45) is 1.03. The zero-order valence-corrected chi connectivity index (χ0v) is 22.8. The summed E-state index contributed by atoms with van der Waals surface area (Å²) in [7, 11) is 0.824. The third-order valence-electron chi connectivity index (χ3n) is 6.08. The molecule has 0 saturated heterocycles. The smallest absolute Gasteiger partial charge is 0.247 e. The molecular formula is C28H33N3O6S. The molecule has 1 N–H and O–H groups in total. The number of rotatable bonds is 12. The molecule has 202 valence electrons. The largest absolute Gasteiger partial charge is 0.497 e. The number of hydrogen-bond acceptors (Lipinski definition) is 6. The van der Waals surface area contributed by atoms with Crippen molar-refractivity contribution in [3.8, 4) is 11.5 Å². The van der Waals surface area contributed by atoms with Crippen LogP contribution in [0.3, 0.4) is 0 Å². The molecule has 1 atom stereocenters. The van der Waals surface area contributed by atoms with Crippen molar-refractivity contribution < 1.29 is 27.5 Å². The average Bonchev–Trinajstić information content (AvgIpc) is 2.92. The van der Waals surface area contributed by atoms with Gasteiger partial charge in [-0.05, 0) is 29.3 Å². The van der Waals surface area contributed by atoms with Crippen molar-refractivity contribution >= 4 is 21.8 Å². The number of ether oxygens (including phenoxy) is 2. The molecule has 0 fully saturated rings. The van der Waals surface area contributed by atoms with Gasteiger partial charge in [0.1, 0.15) is 17.5 Å². The fraction of sp³-hybridized carbons (Fsp3) is 0.286. The molecule has 9 nitrogen and oxygen atoms in total. The van der Waals surface area contributed by atoms with E-state index in [1.807, 2.05) is 24.3 Å². The van der Waals surface area contributed by atoms with E-state index in [-0.39, 0.29) is 13.1 Å². The minimum absolute atomic E-state index is 0.0715. The predicted octanol–water partition coefficient (Wildman–Crippen LogP) is 2.98. The molecule has 3 rings (SSSR count). The molecule has 0 heterocycles. The SMILES string of the molecule is COc1ccc(CN(C(=O)CN(C)S(C)(=O)=O)C(C(=O)NCc2ccccc2OC)c2ccccc2)cc1. The Hall–Kier alpha value is -3.89. The van der Waals surface area contributed by atoms with Gasteiger partial charge in [0.25, 0.3) is 0 Å². The molecule has 0 aliphatic rings. The van der Waals surface area contributed by atoms with Crippen LogP contribution in [0.15, 0.2) is 78.9 Å². The van der Waals surface area contributed by atoms with E-state index in [9.17, 15) is 18.0 Å². The van der Waals surface area contributed by atoms with Crippen LogP contribution >= 0.6 is 0 Å². The summed E-state index contributed by atoms with van der Waals surface area (Å²) in [5.74, 6) is 0.351. The molecule has 1 unspecified atom stereocenters. The topological polar surface area (TPSA) is 105 Å². The number of carbonyl (C=O) groups is 2. The molecule has 0 radical (unpaired) electrons. The summed E-state index contributed by atoms with van der Waals surface area (Å²) in [6.45, 7) is -0.167. The summed E-state index contributed by atoms with van der Waals surface area (Å²) in [4.78, 5) is 28.8. The number of nitrogens with zero attached hydrogens (tertiary/aromatic N) is 2. The number of sulfonamides is 1. The van der Waals surface area contributed by atoms with Crippen molar-refractivity contribution in [2.75, 3.05) is 34.1 Å².